The normalized spacial score (nSPS) is 11.4. The highest BCUT2D eigenvalue weighted by molar-refractivity contribution is 7.99. The van der Waals surface area contributed by atoms with Gasteiger partial charge in [-0.2, -0.15) is 0 Å². The molecule has 0 N–H and O–H groups in total. The summed E-state index contributed by atoms with van der Waals surface area (Å²) in [4.78, 5) is 13.9. The molecule has 0 spiro atoms. The van der Waals surface area contributed by atoms with Gasteiger partial charge in [-0.15, -0.1) is 0 Å². The van der Waals surface area contributed by atoms with Crippen LogP contribution in [-0.2, 0) is 9.84 Å². The first kappa shape index (κ1) is 17.5. The van der Waals surface area contributed by atoms with Crippen molar-refractivity contribution in [1.29, 1.82) is 0 Å². The molecular weight excluding hydrogens is 356 g/mol. The molecule has 0 saturated heterocycles. The zero-order chi connectivity index (χ0) is 18.0. The lowest BCUT2D eigenvalue weighted by Gasteiger charge is -2.11. The SMILES string of the molecule is Cc1cc(S(C)(=O)=O)ccc1-c1ccoc(=O)c1Sc1ccccc1. The van der Waals surface area contributed by atoms with E-state index in [0.717, 1.165) is 21.6 Å². The molecule has 6 heteroatoms. The number of aryl methyl sites for hydroxylation is 1. The van der Waals surface area contributed by atoms with Crippen molar-refractivity contribution < 1.29 is 12.8 Å². The Morgan fingerprint density at radius 3 is 2.32 bits per heavy atom. The second kappa shape index (κ2) is 6.90. The van der Waals surface area contributed by atoms with E-state index in [2.05, 4.69) is 0 Å². The average Bonchev–Trinajstić information content (AvgIpc) is 2.57. The third kappa shape index (κ3) is 3.86. The second-order valence-electron chi connectivity index (χ2n) is 5.61. The minimum absolute atomic E-state index is 0.258. The largest absolute Gasteiger partial charge is 0.430 e. The molecule has 0 fully saturated rings. The van der Waals surface area contributed by atoms with Crippen molar-refractivity contribution in [2.24, 2.45) is 0 Å². The Balaban J connectivity index is 2.12. The molecule has 4 nitrogen and oxygen atoms in total. The van der Waals surface area contributed by atoms with Crippen molar-refractivity contribution in [1.82, 2.24) is 0 Å². The van der Waals surface area contributed by atoms with Gasteiger partial charge in [0.1, 0.15) is 4.90 Å². The van der Waals surface area contributed by atoms with E-state index >= 15 is 0 Å². The van der Waals surface area contributed by atoms with Crippen molar-refractivity contribution >= 4 is 21.6 Å². The van der Waals surface area contributed by atoms with E-state index < -0.39 is 15.5 Å². The van der Waals surface area contributed by atoms with Crippen molar-refractivity contribution in [3.05, 3.63) is 76.8 Å². The minimum atomic E-state index is -3.28. The highest BCUT2D eigenvalue weighted by atomic mass is 32.2. The van der Waals surface area contributed by atoms with E-state index in [-0.39, 0.29) is 4.90 Å². The molecule has 3 aromatic rings. The summed E-state index contributed by atoms with van der Waals surface area (Å²) in [5, 5.41) is 0. The molecule has 0 radical (unpaired) electrons. The number of hydrogen-bond acceptors (Lipinski definition) is 5. The van der Waals surface area contributed by atoms with E-state index in [1.54, 1.807) is 24.3 Å². The Morgan fingerprint density at radius 2 is 1.68 bits per heavy atom. The van der Waals surface area contributed by atoms with Gasteiger partial charge >= 0.3 is 5.63 Å². The van der Waals surface area contributed by atoms with Crippen LogP contribution in [0.3, 0.4) is 0 Å². The Hall–Kier alpha value is -2.31. The van der Waals surface area contributed by atoms with E-state index in [0.29, 0.717) is 4.90 Å². The number of benzene rings is 2. The summed E-state index contributed by atoms with van der Waals surface area (Å²) in [7, 11) is -3.28. The Labute approximate surface area is 150 Å². The number of rotatable bonds is 4. The van der Waals surface area contributed by atoms with E-state index in [4.69, 9.17) is 4.42 Å². The van der Waals surface area contributed by atoms with Gasteiger partial charge in [-0.1, -0.05) is 36.0 Å². The first-order valence-corrected chi connectivity index (χ1v) is 10.2. The standard InChI is InChI=1S/C19H16O4S2/c1-13-12-15(25(2,21)22)8-9-16(13)17-10-11-23-19(20)18(17)24-14-6-4-3-5-7-14/h3-12H,1-2H3. The summed E-state index contributed by atoms with van der Waals surface area (Å²) in [6, 6.07) is 16.2. The van der Waals surface area contributed by atoms with Crippen molar-refractivity contribution in [2.45, 2.75) is 21.6 Å². The summed E-state index contributed by atoms with van der Waals surface area (Å²) in [5.41, 5.74) is 1.89. The molecule has 0 bridgehead atoms. The van der Waals surface area contributed by atoms with Gasteiger partial charge in [-0.05, 0) is 48.4 Å². The third-order valence-electron chi connectivity index (χ3n) is 3.72. The molecule has 3 rings (SSSR count). The zero-order valence-corrected chi connectivity index (χ0v) is 15.4. The first-order valence-electron chi connectivity index (χ1n) is 7.52. The smallest absolute Gasteiger partial charge is 0.350 e. The van der Waals surface area contributed by atoms with Crippen molar-refractivity contribution in [3.63, 3.8) is 0 Å². The van der Waals surface area contributed by atoms with Crippen molar-refractivity contribution in [3.8, 4) is 11.1 Å². The highest BCUT2D eigenvalue weighted by Crippen LogP contribution is 2.35. The molecule has 0 atom stereocenters. The summed E-state index contributed by atoms with van der Waals surface area (Å²) < 4.78 is 28.5. The first-order chi connectivity index (χ1) is 11.9. The molecule has 0 aliphatic heterocycles. The van der Waals surface area contributed by atoms with Gasteiger partial charge in [0.05, 0.1) is 11.2 Å². The molecule has 0 aliphatic rings. The van der Waals surface area contributed by atoms with Crippen LogP contribution in [0.1, 0.15) is 5.56 Å². The predicted molar refractivity (Wildman–Crippen MR) is 98.8 cm³/mol. The van der Waals surface area contributed by atoms with Crippen LogP contribution in [0, 0.1) is 6.92 Å². The molecule has 1 aromatic heterocycles. The Kier molecular flexibility index (Phi) is 4.83. The number of sulfone groups is 1. The van der Waals surface area contributed by atoms with E-state index in [1.807, 2.05) is 37.3 Å². The lowest BCUT2D eigenvalue weighted by molar-refractivity contribution is 0.496. The molecule has 0 saturated carbocycles. The van der Waals surface area contributed by atoms with E-state index in [9.17, 15) is 13.2 Å². The molecule has 2 aromatic carbocycles. The van der Waals surface area contributed by atoms with Crippen molar-refractivity contribution in [2.75, 3.05) is 6.26 Å². The number of hydrogen-bond donors (Lipinski definition) is 0. The summed E-state index contributed by atoms with van der Waals surface area (Å²) in [6.45, 7) is 1.83. The zero-order valence-electron chi connectivity index (χ0n) is 13.7. The second-order valence-corrected chi connectivity index (χ2v) is 8.71. The summed E-state index contributed by atoms with van der Waals surface area (Å²) in [5.74, 6) is 0. The molecule has 0 amide bonds. The molecule has 1 heterocycles. The van der Waals surface area contributed by atoms with Gasteiger partial charge in [0.15, 0.2) is 9.84 Å². The summed E-state index contributed by atoms with van der Waals surface area (Å²) >= 11 is 1.33. The molecule has 0 unspecified atom stereocenters. The van der Waals surface area contributed by atoms with Gasteiger partial charge in [0.25, 0.3) is 0 Å². The van der Waals surface area contributed by atoms with Crippen LogP contribution in [0.4, 0.5) is 0 Å². The third-order valence-corrected chi connectivity index (χ3v) is 5.93. The molecule has 25 heavy (non-hydrogen) atoms. The maximum atomic E-state index is 12.3. The Morgan fingerprint density at radius 1 is 0.960 bits per heavy atom. The van der Waals surface area contributed by atoms with Gasteiger partial charge in [-0.3, -0.25) is 0 Å². The minimum Gasteiger partial charge on any atom is -0.430 e. The van der Waals surface area contributed by atoms with Gasteiger partial charge in [0, 0.05) is 16.7 Å². The van der Waals surface area contributed by atoms with Crippen LogP contribution in [0.5, 0.6) is 0 Å². The van der Waals surface area contributed by atoms with Gasteiger partial charge in [-0.25, -0.2) is 13.2 Å². The maximum absolute atomic E-state index is 12.3. The van der Waals surface area contributed by atoms with Gasteiger partial charge < -0.3 is 4.42 Å². The molecular formula is C19H16O4S2. The van der Waals surface area contributed by atoms with Crippen LogP contribution in [-0.4, -0.2) is 14.7 Å². The topological polar surface area (TPSA) is 64.3 Å². The van der Waals surface area contributed by atoms with Crippen LogP contribution >= 0.6 is 11.8 Å². The highest BCUT2D eigenvalue weighted by Gasteiger charge is 2.16. The van der Waals surface area contributed by atoms with Crippen LogP contribution in [0.2, 0.25) is 0 Å². The predicted octanol–water partition coefficient (Wildman–Crippen LogP) is 4.17. The Bertz CT molecular complexity index is 1070. The van der Waals surface area contributed by atoms with E-state index in [1.165, 1.54) is 24.3 Å². The van der Waals surface area contributed by atoms with Gasteiger partial charge in [0.2, 0.25) is 0 Å². The average molecular weight is 372 g/mol. The summed E-state index contributed by atoms with van der Waals surface area (Å²) in [6.07, 6.45) is 2.53. The quantitative estimate of drug-likeness (QED) is 0.688. The van der Waals surface area contributed by atoms with Crippen LogP contribution in [0.15, 0.2) is 84.8 Å². The maximum Gasteiger partial charge on any atom is 0.350 e. The molecule has 0 aliphatic carbocycles. The molecule has 128 valence electrons. The lowest BCUT2D eigenvalue weighted by Crippen LogP contribution is -2.04. The van der Waals surface area contributed by atoms with Crippen LogP contribution < -0.4 is 5.63 Å². The van der Waals surface area contributed by atoms with Crippen LogP contribution in [0.25, 0.3) is 11.1 Å². The fourth-order valence-electron chi connectivity index (χ4n) is 2.49. The monoisotopic (exact) mass is 372 g/mol. The fraction of sp³-hybridized carbons (Fsp3) is 0.105. The lowest BCUT2D eigenvalue weighted by atomic mass is 10.0. The fourth-order valence-corrected chi connectivity index (χ4v) is 4.14.